The summed E-state index contributed by atoms with van der Waals surface area (Å²) < 4.78 is 91.2. The van der Waals surface area contributed by atoms with Crippen LogP contribution in [-0.2, 0) is 22.6 Å². The second-order valence-electron chi connectivity index (χ2n) is 11.4. The van der Waals surface area contributed by atoms with Gasteiger partial charge >= 0.3 is 6.18 Å². The number of imidazole rings is 1. The zero-order valence-corrected chi connectivity index (χ0v) is 24.9. The molecule has 3 amide bonds. The van der Waals surface area contributed by atoms with Crippen molar-refractivity contribution in [3.63, 3.8) is 0 Å². The lowest BCUT2D eigenvalue weighted by Gasteiger charge is -2.20. The highest BCUT2D eigenvalue weighted by molar-refractivity contribution is 5.93. The molecule has 4 heterocycles. The van der Waals surface area contributed by atoms with E-state index in [1.807, 2.05) is 10.6 Å². The van der Waals surface area contributed by atoms with Crippen LogP contribution in [0.3, 0.4) is 0 Å². The molecule has 3 aromatic rings. The Hall–Kier alpha value is -4.32. The molecule has 19 heteroatoms. The van der Waals surface area contributed by atoms with E-state index in [0.717, 1.165) is 19.3 Å². The van der Waals surface area contributed by atoms with Gasteiger partial charge in [0.25, 0.3) is 12.3 Å². The molecule has 2 atom stereocenters. The van der Waals surface area contributed by atoms with Gasteiger partial charge in [-0.05, 0) is 55.3 Å². The van der Waals surface area contributed by atoms with Crippen molar-refractivity contribution in [2.75, 3.05) is 6.54 Å². The van der Waals surface area contributed by atoms with Crippen molar-refractivity contribution in [2.24, 2.45) is 5.92 Å². The SMILES string of the molecule is FC1(F)CCCCC1.O=C(NCc1cn2ncc(C[C@H]3CC(C(F)(F)F)NC3=O)cc2n1)c1nonc1C1CC1.O=CNCC(F)F. The summed E-state index contributed by atoms with van der Waals surface area (Å²) >= 11 is 0. The lowest BCUT2D eigenvalue weighted by Crippen LogP contribution is -2.38. The van der Waals surface area contributed by atoms with Crippen LogP contribution in [0.15, 0.2) is 23.1 Å². The van der Waals surface area contributed by atoms with Crippen molar-refractivity contribution in [2.45, 2.75) is 94.8 Å². The minimum atomic E-state index is -4.46. The third-order valence-corrected chi connectivity index (χ3v) is 7.58. The second-order valence-corrected chi connectivity index (χ2v) is 11.4. The number of carbonyl (C=O) groups is 3. The van der Waals surface area contributed by atoms with E-state index in [0.29, 0.717) is 35.4 Å². The van der Waals surface area contributed by atoms with Crippen LogP contribution in [-0.4, -0.2) is 74.2 Å². The molecule has 12 nitrogen and oxygen atoms in total. The maximum Gasteiger partial charge on any atom is 0.408 e. The van der Waals surface area contributed by atoms with Crippen molar-refractivity contribution >= 4 is 23.9 Å². The van der Waals surface area contributed by atoms with Gasteiger partial charge in [0.2, 0.25) is 18.2 Å². The normalized spacial score (nSPS) is 20.5. The quantitative estimate of drug-likeness (QED) is 0.226. The molecule has 3 aromatic heterocycles. The summed E-state index contributed by atoms with van der Waals surface area (Å²) in [5.41, 5.74) is 2.32. The maximum atomic E-state index is 12.9. The third-order valence-electron chi connectivity index (χ3n) is 7.58. The Balaban J connectivity index is 0.000000276. The lowest BCUT2D eigenvalue weighted by atomic mass is 9.97. The highest BCUT2D eigenvalue weighted by Gasteiger charge is 2.47. The van der Waals surface area contributed by atoms with Crippen LogP contribution in [0.4, 0.5) is 30.7 Å². The van der Waals surface area contributed by atoms with Gasteiger partial charge < -0.3 is 16.0 Å². The van der Waals surface area contributed by atoms with Crippen LogP contribution in [0.2, 0.25) is 0 Å². The maximum absolute atomic E-state index is 12.9. The summed E-state index contributed by atoms with van der Waals surface area (Å²) in [6.07, 6.45) is 0.854. The summed E-state index contributed by atoms with van der Waals surface area (Å²) in [6.45, 7) is -0.434. The molecule has 2 saturated carbocycles. The summed E-state index contributed by atoms with van der Waals surface area (Å²) in [4.78, 5) is 37.9. The average Bonchev–Trinajstić information content (AvgIpc) is 3.40. The first-order chi connectivity index (χ1) is 22.3. The fourth-order valence-corrected chi connectivity index (χ4v) is 5.02. The summed E-state index contributed by atoms with van der Waals surface area (Å²) in [7, 11) is 0. The third kappa shape index (κ3) is 10.6. The van der Waals surface area contributed by atoms with E-state index in [1.165, 1.54) is 10.7 Å². The number of amides is 3. The first-order valence-electron chi connectivity index (χ1n) is 14.9. The average molecular weight is 679 g/mol. The fourth-order valence-electron chi connectivity index (χ4n) is 5.02. The van der Waals surface area contributed by atoms with Crippen molar-refractivity contribution in [3.05, 3.63) is 41.1 Å². The Morgan fingerprint density at radius 1 is 1.17 bits per heavy atom. The molecule has 0 bridgehead atoms. The molecule has 6 rings (SSSR count). The first kappa shape index (κ1) is 35.5. The predicted molar refractivity (Wildman–Crippen MR) is 148 cm³/mol. The molecule has 1 saturated heterocycles. The fraction of sp³-hybridized carbons (Fsp3) is 0.607. The Morgan fingerprint density at radius 3 is 2.45 bits per heavy atom. The molecule has 3 aliphatic rings. The number of carbonyl (C=O) groups excluding carboxylic acids is 3. The monoisotopic (exact) mass is 678 g/mol. The van der Waals surface area contributed by atoms with Gasteiger partial charge in [0.15, 0.2) is 11.3 Å². The van der Waals surface area contributed by atoms with Gasteiger partial charge in [-0.1, -0.05) is 11.6 Å². The molecule has 1 aliphatic heterocycles. The van der Waals surface area contributed by atoms with Gasteiger partial charge in [-0.3, -0.25) is 14.4 Å². The Morgan fingerprint density at radius 2 is 1.89 bits per heavy atom. The van der Waals surface area contributed by atoms with E-state index < -0.39 is 48.8 Å². The lowest BCUT2D eigenvalue weighted by molar-refractivity contribution is -0.154. The molecule has 0 aromatic carbocycles. The Bertz CT molecular complexity index is 1500. The number of rotatable bonds is 9. The Labute approximate surface area is 263 Å². The largest absolute Gasteiger partial charge is 0.408 e. The van der Waals surface area contributed by atoms with Gasteiger partial charge in [-0.15, -0.1) is 0 Å². The zero-order valence-electron chi connectivity index (χ0n) is 24.9. The number of nitrogens with one attached hydrogen (secondary N) is 3. The first-order valence-corrected chi connectivity index (χ1v) is 14.9. The van der Waals surface area contributed by atoms with Crippen molar-refractivity contribution < 1.29 is 49.7 Å². The molecule has 1 unspecified atom stereocenters. The molecule has 0 spiro atoms. The van der Waals surface area contributed by atoms with Gasteiger partial charge in [0.1, 0.15) is 11.7 Å². The van der Waals surface area contributed by atoms with E-state index in [-0.39, 0.29) is 50.2 Å². The van der Waals surface area contributed by atoms with Crippen LogP contribution in [0.1, 0.15) is 84.7 Å². The molecule has 2 aliphatic carbocycles. The highest BCUT2D eigenvalue weighted by atomic mass is 19.4. The molecular formula is C28H33F7N8O4. The van der Waals surface area contributed by atoms with Crippen molar-refractivity contribution in [1.29, 1.82) is 0 Å². The molecule has 3 N–H and O–H groups in total. The number of halogens is 7. The second kappa shape index (κ2) is 15.5. The number of hydrogen-bond acceptors (Lipinski definition) is 8. The molecule has 3 fully saturated rings. The molecule has 0 radical (unpaired) electrons. The van der Waals surface area contributed by atoms with Gasteiger partial charge in [-0.25, -0.2) is 31.7 Å². The van der Waals surface area contributed by atoms with Crippen LogP contribution in [0, 0.1) is 5.92 Å². The summed E-state index contributed by atoms with van der Waals surface area (Å²) in [5.74, 6) is -3.92. The van der Waals surface area contributed by atoms with E-state index >= 15 is 0 Å². The molecule has 258 valence electrons. The predicted octanol–water partition coefficient (Wildman–Crippen LogP) is 4.11. The number of hydrogen-bond donors (Lipinski definition) is 3. The standard InChI is InChI=1S/C19H18F3N7O3.C6H10F2.C3H5F2NO/c20-19(21,22)13-5-11(17(30)26-13)3-9-4-14-25-12(8-29(14)24-6-9)7-23-18(31)16-15(10-1-2-10)27-32-28-16;7-6(8)4-2-1-3-5-6;4-3(5)1-6-2-7/h4,6,8,10-11,13H,1-3,5,7H2,(H,23,31)(H,26,30);1-5H2;2-3H,1H2,(H,6,7)/t11-,13?;;/m0../s1. The van der Waals surface area contributed by atoms with Crippen LogP contribution in [0.25, 0.3) is 5.65 Å². The zero-order chi connectivity index (χ0) is 34.2. The number of aromatic nitrogens is 5. The molecule has 47 heavy (non-hydrogen) atoms. The molecular weight excluding hydrogens is 645 g/mol. The number of fused-ring (bicyclic) bond motifs is 1. The minimum Gasteiger partial charge on any atom is -0.353 e. The Kier molecular flexibility index (Phi) is 11.7. The van der Waals surface area contributed by atoms with Gasteiger partial charge in [0.05, 0.1) is 31.2 Å². The van der Waals surface area contributed by atoms with E-state index in [9.17, 15) is 45.1 Å². The number of alkyl halides is 7. The number of nitrogens with zero attached hydrogens (tertiary/aromatic N) is 5. The van der Waals surface area contributed by atoms with Crippen LogP contribution in [0.5, 0.6) is 0 Å². The van der Waals surface area contributed by atoms with E-state index in [4.69, 9.17) is 0 Å². The summed E-state index contributed by atoms with van der Waals surface area (Å²) in [5, 5.41) is 18.2. The van der Waals surface area contributed by atoms with Crippen molar-refractivity contribution in [3.8, 4) is 0 Å². The van der Waals surface area contributed by atoms with Gasteiger partial charge in [0, 0.05) is 24.7 Å². The minimum absolute atomic E-state index is 0.118. The van der Waals surface area contributed by atoms with Crippen LogP contribution >= 0.6 is 0 Å². The van der Waals surface area contributed by atoms with Crippen LogP contribution < -0.4 is 16.0 Å². The van der Waals surface area contributed by atoms with E-state index in [2.05, 4.69) is 30.3 Å². The van der Waals surface area contributed by atoms with E-state index in [1.54, 1.807) is 12.3 Å². The highest BCUT2D eigenvalue weighted by Crippen LogP contribution is 2.40. The smallest absolute Gasteiger partial charge is 0.353 e. The van der Waals surface area contributed by atoms with Crippen molar-refractivity contribution in [1.82, 2.24) is 40.9 Å². The summed E-state index contributed by atoms with van der Waals surface area (Å²) in [6, 6.07) is -0.155. The van der Waals surface area contributed by atoms with Gasteiger partial charge in [-0.2, -0.15) is 18.3 Å². The topological polar surface area (TPSA) is 156 Å².